The van der Waals surface area contributed by atoms with E-state index >= 15 is 0 Å². The number of hydrogen-bond acceptors (Lipinski definition) is 1. The lowest BCUT2D eigenvalue weighted by atomic mass is 9.92. The van der Waals surface area contributed by atoms with Crippen molar-refractivity contribution in [3.63, 3.8) is 0 Å². The molecule has 1 fully saturated rings. The van der Waals surface area contributed by atoms with Crippen molar-refractivity contribution >= 4 is 5.96 Å². The van der Waals surface area contributed by atoms with Crippen molar-refractivity contribution in [3.05, 3.63) is 0 Å². The summed E-state index contributed by atoms with van der Waals surface area (Å²) in [7, 11) is 3.80. The van der Waals surface area contributed by atoms with Crippen molar-refractivity contribution in [1.82, 2.24) is 10.2 Å². The molecule has 2 atom stereocenters. The number of nitrogens with zero attached hydrogens (tertiary/aromatic N) is 2. The van der Waals surface area contributed by atoms with E-state index in [0.29, 0.717) is 6.04 Å². The Balaban J connectivity index is 2.64. The maximum atomic E-state index is 4.28. The molecule has 0 aliphatic carbocycles. The first kappa shape index (κ1) is 11.3. The SMILES string of the molecule is CC[C@@H]1CC[C@H](C)N(C(=NC)NC)C1. The van der Waals surface area contributed by atoms with Gasteiger partial charge in [-0.1, -0.05) is 13.3 Å². The zero-order valence-electron chi connectivity index (χ0n) is 9.88. The Morgan fingerprint density at radius 1 is 1.50 bits per heavy atom. The fourth-order valence-corrected chi connectivity index (χ4v) is 2.19. The molecule has 1 aliphatic heterocycles. The molecule has 0 aromatic carbocycles. The third kappa shape index (κ3) is 2.40. The van der Waals surface area contributed by atoms with Crippen LogP contribution in [0.15, 0.2) is 4.99 Å². The lowest BCUT2D eigenvalue weighted by Gasteiger charge is -2.39. The minimum atomic E-state index is 0.629. The lowest BCUT2D eigenvalue weighted by Crippen LogP contribution is -2.49. The highest BCUT2D eigenvalue weighted by Crippen LogP contribution is 2.23. The fraction of sp³-hybridized carbons (Fsp3) is 0.909. The Hall–Kier alpha value is -0.730. The Morgan fingerprint density at radius 2 is 2.21 bits per heavy atom. The Bertz CT molecular complexity index is 201. The van der Waals surface area contributed by atoms with Crippen molar-refractivity contribution in [2.24, 2.45) is 10.9 Å². The van der Waals surface area contributed by atoms with Gasteiger partial charge >= 0.3 is 0 Å². The maximum absolute atomic E-state index is 4.28. The molecule has 0 aromatic heterocycles. The monoisotopic (exact) mass is 197 g/mol. The van der Waals surface area contributed by atoms with E-state index in [9.17, 15) is 0 Å². The highest BCUT2D eigenvalue weighted by molar-refractivity contribution is 5.79. The van der Waals surface area contributed by atoms with E-state index in [1.54, 1.807) is 0 Å². The van der Waals surface area contributed by atoms with Crippen molar-refractivity contribution in [2.45, 2.75) is 39.2 Å². The van der Waals surface area contributed by atoms with E-state index in [4.69, 9.17) is 0 Å². The molecule has 0 aromatic rings. The summed E-state index contributed by atoms with van der Waals surface area (Å²) < 4.78 is 0. The van der Waals surface area contributed by atoms with Crippen molar-refractivity contribution < 1.29 is 0 Å². The van der Waals surface area contributed by atoms with Crippen LogP contribution in [0.1, 0.15) is 33.1 Å². The number of nitrogens with one attached hydrogen (secondary N) is 1. The number of aliphatic imine (C=N–C) groups is 1. The maximum Gasteiger partial charge on any atom is 0.193 e. The van der Waals surface area contributed by atoms with E-state index in [1.165, 1.54) is 19.3 Å². The quantitative estimate of drug-likeness (QED) is 0.512. The van der Waals surface area contributed by atoms with Crippen LogP contribution in [0, 0.1) is 5.92 Å². The number of likely N-dealkylation sites (tertiary alicyclic amines) is 1. The Labute approximate surface area is 87.6 Å². The highest BCUT2D eigenvalue weighted by atomic mass is 15.3. The zero-order valence-corrected chi connectivity index (χ0v) is 9.88. The lowest BCUT2D eigenvalue weighted by molar-refractivity contribution is 0.188. The minimum Gasteiger partial charge on any atom is -0.359 e. The number of hydrogen-bond donors (Lipinski definition) is 1. The number of guanidine groups is 1. The van der Waals surface area contributed by atoms with Crippen LogP contribution in [0.5, 0.6) is 0 Å². The fourth-order valence-electron chi connectivity index (χ4n) is 2.19. The van der Waals surface area contributed by atoms with Crippen LogP contribution in [-0.2, 0) is 0 Å². The van der Waals surface area contributed by atoms with Crippen LogP contribution < -0.4 is 5.32 Å². The molecule has 1 N–H and O–H groups in total. The van der Waals surface area contributed by atoms with Crippen LogP contribution in [0.25, 0.3) is 0 Å². The van der Waals surface area contributed by atoms with Crippen molar-refractivity contribution in [2.75, 3.05) is 20.6 Å². The van der Waals surface area contributed by atoms with Crippen LogP contribution in [0.3, 0.4) is 0 Å². The summed E-state index contributed by atoms with van der Waals surface area (Å²) in [6, 6.07) is 0.629. The molecule has 1 rings (SSSR count). The van der Waals surface area contributed by atoms with E-state index in [-0.39, 0.29) is 0 Å². The zero-order chi connectivity index (χ0) is 10.6. The molecule has 1 aliphatic rings. The average molecular weight is 197 g/mol. The summed E-state index contributed by atoms with van der Waals surface area (Å²) in [6.45, 7) is 5.72. The molecule has 0 bridgehead atoms. The second-order valence-corrected chi connectivity index (χ2v) is 4.15. The summed E-state index contributed by atoms with van der Waals surface area (Å²) in [4.78, 5) is 6.68. The molecule has 0 unspecified atom stereocenters. The smallest absolute Gasteiger partial charge is 0.193 e. The average Bonchev–Trinajstić information content (AvgIpc) is 2.22. The van der Waals surface area contributed by atoms with E-state index in [1.807, 2.05) is 14.1 Å². The van der Waals surface area contributed by atoms with Crippen molar-refractivity contribution in [1.29, 1.82) is 0 Å². The van der Waals surface area contributed by atoms with Gasteiger partial charge in [0, 0.05) is 26.7 Å². The summed E-state index contributed by atoms with van der Waals surface area (Å²) >= 11 is 0. The van der Waals surface area contributed by atoms with E-state index < -0.39 is 0 Å². The molecule has 14 heavy (non-hydrogen) atoms. The number of rotatable bonds is 1. The second-order valence-electron chi connectivity index (χ2n) is 4.15. The van der Waals surface area contributed by atoms with Gasteiger partial charge in [-0.25, -0.2) is 0 Å². The minimum absolute atomic E-state index is 0.629. The van der Waals surface area contributed by atoms with Crippen molar-refractivity contribution in [3.8, 4) is 0 Å². The van der Waals surface area contributed by atoms with Crippen LogP contribution in [0.2, 0.25) is 0 Å². The van der Waals surface area contributed by atoms with Gasteiger partial charge in [0.2, 0.25) is 0 Å². The first-order chi connectivity index (χ1) is 6.72. The summed E-state index contributed by atoms with van der Waals surface area (Å²) in [6.07, 6.45) is 3.94. The van der Waals surface area contributed by atoms with Crippen LogP contribution >= 0.6 is 0 Å². The molecule has 0 saturated carbocycles. The number of piperidine rings is 1. The van der Waals surface area contributed by atoms with E-state index in [0.717, 1.165) is 18.4 Å². The predicted molar refractivity (Wildman–Crippen MR) is 61.6 cm³/mol. The normalized spacial score (nSPS) is 29.1. The van der Waals surface area contributed by atoms with Gasteiger partial charge in [0.25, 0.3) is 0 Å². The summed E-state index contributed by atoms with van der Waals surface area (Å²) in [5.41, 5.74) is 0. The third-order valence-electron chi connectivity index (χ3n) is 3.26. The van der Waals surface area contributed by atoms with Gasteiger partial charge < -0.3 is 10.2 Å². The Kier molecular flexibility index (Phi) is 4.23. The van der Waals surface area contributed by atoms with Gasteiger partial charge in [-0.3, -0.25) is 4.99 Å². The van der Waals surface area contributed by atoms with Crippen LogP contribution in [-0.4, -0.2) is 37.5 Å². The molecule has 0 amide bonds. The van der Waals surface area contributed by atoms with Gasteiger partial charge in [0.1, 0.15) is 0 Å². The third-order valence-corrected chi connectivity index (χ3v) is 3.26. The first-order valence-electron chi connectivity index (χ1n) is 5.64. The van der Waals surface area contributed by atoms with Gasteiger partial charge in [-0.05, 0) is 25.7 Å². The summed E-state index contributed by atoms with van der Waals surface area (Å²) in [5, 5.41) is 3.17. The molecule has 3 heteroatoms. The predicted octanol–water partition coefficient (Wildman–Crippen LogP) is 1.70. The molecule has 0 radical (unpaired) electrons. The van der Waals surface area contributed by atoms with Gasteiger partial charge in [-0.15, -0.1) is 0 Å². The molecular weight excluding hydrogens is 174 g/mol. The summed E-state index contributed by atoms with van der Waals surface area (Å²) in [5.74, 6) is 1.88. The second kappa shape index (κ2) is 5.23. The van der Waals surface area contributed by atoms with E-state index in [2.05, 4.69) is 29.1 Å². The van der Waals surface area contributed by atoms with Crippen LogP contribution in [0.4, 0.5) is 0 Å². The standard InChI is InChI=1S/C11H23N3/c1-5-10-7-6-9(2)14(8-10)11(12-3)13-4/h9-10H,5-8H2,1-4H3,(H,12,13)/t9-,10+/m0/s1. The molecule has 1 heterocycles. The molecule has 3 nitrogen and oxygen atoms in total. The van der Waals surface area contributed by atoms with Gasteiger partial charge in [0.15, 0.2) is 5.96 Å². The molecule has 1 saturated heterocycles. The molecule has 82 valence electrons. The molecular formula is C11H23N3. The largest absolute Gasteiger partial charge is 0.359 e. The Morgan fingerprint density at radius 3 is 2.71 bits per heavy atom. The highest BCUT2D eigenvalue weighted by Gasteiger charge is 2.25. The first-order valence-corrected chi connectivity index (χ1v) is 5.64. The molecule has 0 spiro atoms. The van der Waals surface area contributed by atoms with Gasteiger partial charge in [0.05, 0.1) is 0 Å². The van der Waals surface area contributed by atoms with Gasteiger partial charge in [-0.2, -0.15) is 0 Å². The topological polar surface area (TPSA) is 27.6 Å².